The van der Waals surface area contributed by atoms with Gasteiger partial charge in [-0.1, -0.05) is 182 Å². The molecule has 2 nitrogen and oxygen atoms in total. The van der Waals surface area contributed by atoms with Gasteiger partial charge in [0.2, 0.25) is 0 Å². The zero-order chi connectivity index (χ0) is 42.6. The maximum absolute atomic E-state index is 2.44. The Morgan fingerprint density at radius 3 is 1.43 bits per heavy atom. The molecule has 0 saturated heterocycles. The summed E-state index contributed by atoms with van der Waals surface area (Å²) in [5, 5.41) is 7.91. The molecule has 14 rings (SSSR count). The Morgan fingerprint density at radius 2 is 0.785 bits per heavy atom. The Morgan fingerprint density at radius 1 is 0.308 bits per heavy atom. The molecule has 302 valence electrons. The summed E-state index contributed by atoms with van der Waals surface area (Å²) < 4.78 is 2.40. The number of fused-ring (bicyclic) bond motifs is 7. The summed E-state index contributed by atoms with van der Waals surface area (Å²) >= 11 is 0. The van der Waals surface area contributed by atoms with Crippen LogP contribution in [0.5, 0.6) is 0 Å². The van der Waals surface area contributed by atoms with Gasteiger partial charge in [-0.15, -0.1) is 0 Å². The largest absolute Gasteiger partial charge is 0.310 e. The van der Waals surface area contributed by atoms with Crippen LogP contribution < -0.4 is 4.90 Å². The monoisotopic (exact) mass is 824 g/mol. The van der Waals surface area contributed by atoms with Gasteiger partial charge in [-0.2, -0.15) is 0 Å². The molecule has 65 heavy (non-hydrogen) atoms. The van der Waals surface area contributed by atoms with Crippen LogP contribution in [-0.2, 0) is 5.41 Å². The molecule has 2 heteroatoms. The van der Waals surface area contributed by atoms with Gasteiger partial charge in [-0.05, 0) is 132 Å². The highest BCUT2D eigenvalue weighted by atomic mass is 15.1. The molecular formula is C63H40N2. The van der Waals surface area contributed by atoms with E-state index < -0.39 is 0 Å². The van der Waals surface area contributed by atoms with Crippen molar-refractivity contribution < 1.29 is 0 Å². The van der Waals surface area contributed by atoms with Crippen molar-refractivity contribution in [2.45, 2.75) is 5.41 Å². The van der Waals surface area contributed by atoms with Crippen LogP contribution in [0.4, 0.5) is 17.1 Å². The van der Waals surface area contributed by atoms with Crippen LogP contribution in [0.2, 0.25) is 0 Å². The first-order valence-electron chi connectivity index (χ1n) is 22.6. The van der Waals surface area contributed by atoms with Crippen molar-refractivity contribution in [3.05, 3.63) is 265 Å². The predicted molar refractivity (Wildman–Crippen MR) is 272 cm³/mol. The summed E-state index contributed by atoms with van der Waals surface area (Å²) in [4.78, 5) is 2.44. The maximum Gasteiger partial charge on any atom is 0.0726 e. The molecule has 0 saturated carbocycles. The Labute approximate surface area is 377 Å². The summed E-state index contributed by atoms with van der Waals surface area (Å²) in [6.07, 6.45) is 0. The van der Waals surface area contributed by atoms with Crippen LogP contribution in [0.1, 0.15) is 22.3 Å². The van der Waals surface area contributed by atoms with Crippen LogP contribution in [0.3, 0.4) is 0 Å². The fraction of sp³-hybridized carbons (Fsp3) is 0.0159. The SMILES string of the molecule is c1ccc(-c2ccc(N(c3ccc(-c4ccc(-n5c6ccccc6c6cc(-c7ccccc7)ccc65)cc4)cc3)c3ccc4c5c(cccc35)C43c4cccc5cccc3c45)cc2)cc1. The fourth-order valence-corrected chi connectivity index (χ4v) is 11.5. The first kappa shape index (κ1) is 36.1. The zero-order valence-electron chi connectivity index (χ0n) is 35.5. The highest BCUT2D eigenvalue weighted by molar-refractivity contribution is 6.14. The van der Waals surface area contributed by atoms with E-state index in [2.05, 4.69) is 252 Å². The van der Waals surface area contributed by atoms with Gasteiger partial charge in [-0.25, -0.2) is 0 Å². The third-order valence-corrected chi connectivity index (χ3v) is 14.4. The Bertz CT molecular complexity index is 3790. The van der Waals surface area contributed by atoms with Crippen LogP contribution >= 0.6 is 0 Å². The number of nitrogens with zero attached hydrogens (tertiary/aromatic N) is 2. The minimum absolute atomic E-state index is 0.156. The van der Waals surface area contributed by atoms with E-state index in [4.69, 9.17) is 0 Å². The van der Waals surface area contributed by atoms with E-state index in [-0.39, 0.29) is 5.41 Å². The molecule has 1 heterocycles. The third-order valence-electron chi connectivity index (χ3n) is 14.4. The van der Waals surface area contributed by atoms with Gasteiger partial charge in [-0.3, -0.25) is 0 Å². The van der Waals surface area contributed by atoms with Gasteiger partial charge in [0.1, 0.15) is 0 Å². The van der Waals surface area contributed by atoms with Crippen molar-refractivity contribution in [1.29, 1.82) is 0 Å². The minimum Gasteiger partial charge on any atom is -0.310 e. The molecule has 0 bridgehead atoms. The topological polar surface area (TPSA) is 8.17 Å². The summed E-state index contributed by atoms with van der Waals surface area (Å²) in [7, 11) is 0. The number of anilines is 3. The maximum atomic E-state index is 2.44. The first-order chi connectivity index (χ1) is 32.2. The predicted octanol–water partition coefficient (Wildman–Crippen LogP) is 16.6. The molecule has 1 spiro atoms. The molecule has 2 aliphatic carbocycles. The molecule has 1 aromatic heterocycles. The van der Waals surface area contributed by atoms with E-state index in [1.807, 2.05) is 0 Å². The second-order valence-electron chi connectivity index (χ2n) is 17.6. The second-order valence-corrected chi connectivity index (χ2v) is 17.6. The highest BCUT2D eigenvalue weighted by Crippen LogP contribution is 2.65. The van der Waals surface area contributed by atoms with Crippen molar-refractivity contribution in [3.63, 3.8) is 0 Å². The van der Waals surface area contributed by atoms with Crippen molar-refractivity contribution in [3.8, 4) is 39.1 Å². The minimum atomic E-state index is -0.156. The number of aromatic nitrogens is 1. The van der Waals surface area contributed by atoms with Crippen LogP contribution in [0.15, 0.2) is 243 Å². The standard InChI is InChI=1S/C63H40N2/c1-3-12-41(13-4-1)43-24-31-48(32-25-43)64(59-39-37-57-62-52(59)19-11-22-56(62)63(57)54-20-9-16-46-17-10-21-55(63)61(46)54)49-33-26-44(27-34-49)45-28-35-50(36-29-45)65-58-23-8-7-18-51(58)53-40-47(30-38-60(53)65)42-14-5-2-6-15-42/h1-40H. The molecule has 0 aliphatic heterocycles. The van der Waals surface area contributed by atoms with E-state index in [0.717, 1.165) is 17.1 Å². The first-order valence-corrected chi connectivity index (χ1v) is 22.6. The Kier molecular flexibility index (Phi) is 7.64. The number of hydrogen-bond donors (Lipinski definition) is 0. The lowest BCUT2D eigenvalue weighted by Crippen LogP contribution is -2.43. The number of hydrogen-bond acceptors (Lipinski definition) is 1. The lowest BCUT2D eigenvalue weighted by Gasteiger charge is -2.52. The molecule has 0 fully saturated rings. The Hall–Kier alpha value is -8.46. The van der Waals surface area contributed by atoms with Gasteiger partial charge in [0.05, 0.1) is 22.1 Å². The molecule has 0 radical (unpaired) electrons. The fourth-order valence-electron chi connectivity index (χ4n) is 11.5. The lowest BCUT2D eigenvalue weighted by atomic mass is 9.49. The zero-order valence-corrected chi connectivity index (χ0v) is 35.5. The van der Waals surface area contributed by atoms with E-state index in [9.17, 15) is 0 Å². The average molecular weight is 825 g/mol. The van der Waals surface area contributed by atoms with Crippen molar-refractivity contribution in [1.82, 2.24) is 4.57 Å². The van der Waals surface area contributed by atoms with E-state index in [1.165, 1.54) is 105 Å². The smallest absolute Gasteiger partial charge is 0.0726 e. The molecule has 11 aromatic carbocycles. The summed E-state index contributed by atoms with van der Waals surface area (Å²) in [6, 6.07) is 89.4. The number of para-hydroxylation sites is 1. The van der Waals surface area contributed by atoms with E-state index >= 15 is 0 Å². The molecular weight excluding hydrogens is 785 g/mol. The Balaban J connectivity index is 0.844. The molecule has 0 unspecified atom stereocenters. The molecule has 0 amide bonds. The third kappa shape index (κ3) is 5.11. The molecule has 0 atom stereocenters. The highest BCUT2D eigenvalue weighted by Gasteiger charge is 2.54. The lowest BCUT2D eigenvalue weighted by molar-refractivity contribution is 0.701. The van der Waals surface area contributed by atoms with Gasteiger partial charge in [0.15, 0.2) is 0 Å². The van der Waals surface area contributed by atoms with Gasteiger partial charge in [0.25, 0.3) is 0 Å². The van der Waals surface area contributed by atoms with Crippen molar-refractivity contribution in [2.24, 2.45) is 0 Å². The second kappa shape index (κ2) is 13.8. The molecule has 12 aromatic rings. The van der Waals surface area contributed by atoms with Crippen LogP contribution in [-0.4, -0.2) is 4.57 Å². The van der Waals surface area contributed by atoms with Crippen molar-refractivity contribution >= 4 is 60.4 Å². The summed E-state index contributed by atoms with van der Waals surface area (Å²) in [5.74, 6) is 0. The molecule has 2 aliphatic rings. The number of rotatable bonds is 7. The van der Waals surface area contributed by atoms with Crippen molar-refractivity contribution in [2.75, 3.05) is 4.90 Å². The van der Waals surface area contributed by atoms with Gasteiger partial charge < -0.3 is 9.47 Å². The van der Waals surface area contributed by atoms with Crippen LogP contribution in [0.25, 0.3) is 82.4 Å². The normalized spacial score (nSPS) is 13.0. The van der Waals surface area contributed by atoms with Crippen LogP contribution in [0, 0.1) is 0 Å². The quantitative estimate of drug-likeness (QED) is 0.155. The average Bonchev–Trinajstić information content (AvgIpc) is 3.70. The summed E-state index contributed by atoms with van der Waals surface area (Å²) in [6.45, 7) is 0. The van der Waals surface area contributed by atoms with Gasteiger partial charge in [0, 0.05) is 33.2 Å². The molecule has 0 N–H and O–H groups in total. The number of benzene rings is 11. The van der Waals surface area contributed by atoms with E-state index in [0.29, 0.717) is 0 Å². The van der Waals surface area contributed by atoms with Gasteiger partial charge >= 0.3 is 0 Å². The van der Waals surface area contributed by atoms with E-state index in [1.54, 1.807) is 0 Å². The summed E-state index contributed by atoms with van der Waals surface area (Å²) in [5.41, 5.74) is 19.7.